The summed E-state index contributed by atoms with van der Waals surface area (Å²) in [5.41, 5.74) is -0.375. The predicted octanol–water partition coefficient (Wildman–Crippen LogP) is 2.23. The van der Waals surface area contributed by atoms with E-state index >= 15 is 0 Å². The number of methoxy groups -OCH3 is 1. The highest BCUT2D eigenvalue weighted by Crippen LogP contribution is 2.31. The minimum absolute atomic E-state index is 0.167. The van der Waals surface area contributed by atoms with Crippen LogP contribution in [0.1, 0.15) is 0 Å². The molecule has 0 unspecified atom stereocenters. The molecule has 0 radical (unpaired) electrons. The molecule has 0 atom stereocenters. The number of alkyl halides is 1. The summed E-state index contributed by atoms with van der Waals surface area (Å²) in [5.74, 6) is -2.06. The highest BCUT2D eigenvalue weighted by atomic mass is 32.2. The molecule has 0 aliphatic heterocycles. The molecule has 154 valence electrons. The van der Waals surface area contributed by atoms with Gasteiger partial charge in [-0.25, -0.2) is 17.2 Å². The third-order valence-electron chi connectivity index (χ3n) is 4.04. The highest BCUT2D eigenvalue weighted by Gasteiger charge is 2.23. The number of hydrogen-bond donors (Lipinski definition) is 1. The van der Waals surface area contributed by atoms with Crippen LogP contribution in [-0.4, -0.2) is 38.4 Å². The molecule has 0 fully saturated rings. The van der Waals surface area contributed by atoms with Gasteiger partial charge in [-0.05, 0) is 18.2 Å². The zero-order valence-electron chi connectivity index (χ0n) is 15.5. The van der Waals surface area contributed by atoms with Crippen LogP contribution in [0.25, 0.3) is 10.8 Å². The van der Waals surface area contributed by atoms with Gasteiger partial charge in [-0.1, -0.05) is 6.07 Å². The molecule has 2 heterocycles. The molecule has 1 N–H and O–H groups in total. The van der Waals surface area contributed by atoms with E-state index < -0.39 is 28.3 Å². The molecule has 2 aromatic heterocycles. The number of fused-ring (bicyclic) bond motifs is 1. The molecular formula is C18H17F2N3O5S. The molecule has 11 heteroatoms. The van der Waals surface area contributed by atoms with Crippen molar-refractivity contribution < 1.29 is 26.7 Å². The average molecular weight is 425 g/mol. The maximum absolute atomic E-state index is 14.4. The van der Waals surface area contributed by atoms with Crippen LogP contribution in [-0.2, 0) is 17.1 Å². The first-order valence-corrected chi connectivity index (χ1v) is 9.81. The van der Waals surface area contributed by atoms with Gasteiger partial charge < -0.3 is 14.0 Å². The molecule has 0 saturated carbocycles. The molecular weight excluding hydrogens is 408 g/mol. The Morgan fingerprint density at radius 3 is 2.69 bits per heavy atom. The van der Waals surface area contributed by atoms with Gasteiger partial charge in [-0.2, -0.15) is 4.98 Å². The van der Waals surface area contributed by atoms with Gasteiger partial charge >= 0.3 is 0 Å². The summed E-state index contributed by atoms with van der Waals surface area (Å²) in [6.07, 6.45) is 1.43. The van der Waals surface area contributed by atoms with Crippen molar-refractivity contribution in [3.63, 3.8) is 0 Å². The zero-order valence-corrected chi connectivity index (χ0v) is 16.3. The lowest BCUT2D eigenvalue weighted by Crippen LogP contribution is -2.19. The topological polar surface area (TPSA) is 99.5 Å². The maximum Gasteiger partial charge on any atom is 0.263 e. The molecule has 0 spiro atoms. The van der Waals surface area contributed by atoms with E-state index in [2.05, 4.69) is 9.71 Å². The molecule has 0 aliphatic carbocycles. The Morgan fingerprint density at radius 2 is 2.00 bits per heavy atom. The van der Waals surface area contributed by atoms with Crippen LogP contribution in [0, 0.1) is 5.82 Å². The second-order valence-electron chi connectivity index (χ2n) is 5.92. The van der Waals surface area contributed by atoms with E-state index in [9.17, 15) is 22.0 Å². The largest absolute Gasteiger partial charge is 0.485 e. The molecule has 0 aliphatic rings. The Morgan fingerprint density at radius 1 is 1.24 bits per heavy atom. The van der Waals surface area contributed by atoms with Gasteiger partial charge in [0.15, 0.2) is 17.4 Å². The minimum Gasteiger partial charge on any atom is -0.485 e. The first-order chi connectivity index (χ1) is 13.8. The fraction of sp³-hybridized carbons (Fsp3) is 0.222. The molecule has 8 nitrogen and oxygen atoms in total. The van der Waals surface area contributed by atoms with E-state index in [1.807, 2.05) is 0 Å². The number of halogens is 2. The van der Waals surface area contributed by atoms with Crippen molar-refractivity contribution in [2.45, 2.75) is 4.90 Å². The molecule has 0 amide bonds. The Kier molecular flexibility index (Phi) is 5.69. The minimum atomic E-state index is -4.30. The first-order valence-electron chi connectivity index (χ1n) is 8.33. The lowest BCUT2D eigenvalue weighted by molar-refractivity contribution is 0.255. The number of benzene rings is 1. The Balaban J connectivity index is 2.06. The van der Waals surface area contributed by atoms with Gasteiger partial charge in [0, 0.05) is 30.1 Å². The van der Waals surface area contributed by atoms with Gasteiger partial charge in [0.2, 0.25) is 0 Å². The molecule has 1 aromatic carbocycles. The number of aromatic nitrogens is 2. The highest BCUT2D eigenvalue weighted by molar-refractivity contribution is 7.93. The number of nitrogens with zero attached hydrogens (tertiary/aromatic N) is 2. The van der Waals surface area contributed by atoms with Crippen LogP contribution in [0.2, 0.25) is 0 Å². The van der Waals surface area contributed by atoms with Crippen molar-refractivity contribution in [3.8, 4) is 11.6 Å². The van der Waals surface area contributed by atoms with E-state index in [-0.39, 0.29) is 39.5 Å². The van der Waals surface area contributed by atoms with Crippen LogP contribution in [0.4, 0.5) is 14.6 Å². The monoisotopic (exact) mass is 425 g/mol. The summed E-state index contributed by atoms with van der Waals surface area (Å²) >= 11 is 0. The van der Waals surface area contributed by atoms with Crippen LogP contribution >= 0.6 is 0 Å². The molecule has 29 heavy (non-hydrogen) atoms. The van der Waals surface area contributed by atoms with E-state index in [1.165, 1.54) is 42.1 Å². The number of anilines is 1. The first kappa shape index (κ1) is 20.5. The second kappa shape index (κ2) is 8.03. The summed E-state index contributed by atoms with van der Waals surface area (Å²) in [6.45, 7) is -1.15. The van der Waals surface area contributed by atoms with Gasteiger partial charge in [-0.3, -0.25) is 9.52 Å². The lowest BCUT2D eigenvalue weighted by atomic mass is 10.2. The maximum atomic E-state index is 14.4. The predicted molar refractivity (Wildman–Crippen MR) is 102 cm³/mol. The lowest BCUT2D eigenvalue weighted by Gasteiger charge is -2.14. The van der Waals surface area contributed by atoms with Gasteiger partial charge in [0.05, 0.1) is 12.0 Å². The number of hydrogen-bond acceptors (Lipinski definition) is 6. The van der Waals surface area contributed by atoms with Crippen LogP contribution < -0.4 is 19.8 Å². The van der Waals surface area contributed by atoms with Crippen molar-refractivity contribution in [1.82, 2.24) is 9.55 Å². The van der Waals surface area contributed by atoms with Crippen LogP contribution in [0.15, 0.2) is 46.2 Å². The van der Waals surface area contributed by atoms with Crippen molar-refractivity contribution in [3.05, 3.63) is 52.7 Å². The summed E-state index contributed by atoms with van der Waals surface area (Å²) in [7, 11) is -1.54. The second-order valence-corrected chi connectivity index (χ2v) is 7.57. The van der Waals surface area contributed by atoms with Crippen LogP contribution in [0.5, 0.6) is 11.6 Å². The normalized spacial score (nSPS) is 11.4. The summed E-state index contributed by atoms with van der Waals surface area (Å²) < 4.78 is 65.7. The fourth-order valence-corrected chi connectivity index (χ4v) is 3.92. The van der Waals surface area contributed by atoms with Crippen molar-refractivity contribution in [2.75, 3.05) is 25.1 Å². The van der Waals surface area contributed by atoms with Crippen molar-refractivity contribution in [2.24, 2.45) is 7.05 Å². The number of rotatable bonds is 7. The summed E-state index contributed by atoms with van der Waals surface area (Å²) in [6, 6.07) is 6.52. The molecule has 3 rings (SSSR count). The average Bonchev–Trinajstić information content (AvgIpc) is 2.70. The molecule has 0 bridgehead atoms. The SMILES string of the molecule is COc1nc(NS(=O)(=O)c2cccc3c(=O)n(C)ccc23)c(F)cc1OCCF. The van der Waals surface area contributed by atoms with Crippen molar-refractivity contribution in [1.29, 1.82) is 0 Å². The number of sulfonamides is 1. The Hall–Kier alpha value is -3.21. The van der Waals surface area contributed by atoms with Gasteiger partial charge in [-0.15, -0.1) is 0 Å². The third kappa shape index (κ3) is 3.99. The quantitative estimate of drug-likeness (QED) is 0.623. The van der Waals surface area contributed by atoms with Crippen molar-refractivity contribution >= 4 is 26.6 Å². The number of ether oxygens (including phenoxy) is 2. The molecule has 0 saturated heterocycles. The van der Waals surface area contributed by atoms with E-state index in [1.54, 1.807) is 7.05 Å². The zero-order chi connectivity index (χ0) is 21.2. The molecule has 3 aromatic rings. The summed E-state index contributed by atoms with van der Waals surface area (Å²) in [4.78, 5) is 15.8. The standard InChI is InChI=1S/C18H17F2N3O5S/c1-23-8-6-11-12(18(23)24)4-3-5-15(11)29(25,26)22-16-13(20)10-14(28-9-7-19)17(21-16)27-2/h3-6,8,10H,7,9H2,1-2H3,(H,21,22). The van der Waals surface area contributed by atoms with E-state index in [4.69, 9.17) is 9.47 Å². The van der Waals surface area contributed by atoms with Gasteiger partial charge in [0.25, 0.3) is 21.5 Å². The summed E-state index contributed by atoms with van der Waals surface area (Å²) in [5, 5.41) is 0.372. The van der Waals surface area contributed by atoms with Gasteiger partial charge in [0.1, 0.15) is 13.3 Å². The number of nitrogens with one attached hydrogen (secondary N) is 1. The Labute approximate surface area is 164 Å². The fourth-order valence-electron chi connectivity index (χ4n) is 2.69. The third-order valence-corrected chi connectivity index (χ3v) is 5.44. The van der Waals surface area contributed by atoms with E-state index in [0.29, 0.717) is 0 Å². The smallest absolute Gasteiger partial charge is 0.263 e. The van der Waals surface area contributed by atoms with Crippen LogP contribution in [0.3, 0.4) is 0 Å². The van der Waals surface area contributed by atoms with E-state index in [0.717, 1.165) is 6.07 Å². The number of aryl methyl sites for hydroxylation is 1. The number of pyridine rings is 2. The Bertz CT molecular complexity index is 1230.